The molecular formula is C13H15NO4S. The van der Waals surface area contributed by atoms with Crippen LogP contribution in [0.3, 0.4) is 0 Å². The minimum absolute atomic E-state index is 0.522. The first-order valence-corrected chi connectivity index (χ1v) is 6.42. The van der Waals surface area contributed by atoms with Crippen molar-refractivity contribution in [2.24, 2.45) is 0 Å². The van der Waals surface area contributed by atoms with Crippen LogP contribution >= 0.6 is 11.8 Å². The molecule has 0 unspecified atom stereocenters. The van der Waals surface area contributed by atoms with Gasteiger partial charge in [-0.15, -0.1) is 18.3 Å². The van der Waals surface area contributed by atoms with Crippen LogP contribution in [0.1, 0.15) is 5.56 Å². The van der Waals surface area contributed by atoms with Crippen LogP contribution < -0.4 is 9.47 Å². The summed E-state index contributed by atoms with van der Waals surface area (Å²) in [5, 5.41) is 10.4. The van der Waals surface area contributed by atoms with Crippen LogP contribution in [0.15, 0.2) is 35.9 Å². The van der Waals surface area contributed by atoms with Crippen LogP contribution in [-0.2, 0) is 0 Å². The van der Waals surface area contributed by atoms with Gasteiger partial charge in [0.1, 0.15) is 11.5 Å². The third-order valence-electron chi connectivity index (χ3n) is 2.25. The third kappa shape index (κ3) is 4.33. The molecule has 1 aromatic rings. The third-order valence-corrected chi connectivity index (χ3v) is 3.28. The second kappa shape index (κ2) is 7.48. The van der Waals surface area contributed by atoms with Crippen molar-refractivity contribution in [1.29, 1.82) is 0 Å². The molecular weight excluding hydrogens is 266 g/mol. The van der Waals surface area contributed by atoms with E-state index in [1.54, 1.807) is 37.1 Å². The zero-order valence-electron chi connectivity index (χ0n) is 10.8. The monoisotopic (exact) mass is 281 g/mol. The Morgan fingerprint density at radius 2 is 2.05 bits per heavy atom. The molecule has 0 heterocycles. The molecule has 0 saturated heterocycles. The van der Waals surface area contributed by atoms with Gasteiger partial charge in [-0.2, -0.15) is 0 Å². The molecule has 0 aliphatic carbocycles. The van der Waals surface area contributed by atoms with Crippen LogP contribution in [0.5, 0.6) is 11.5 Å². The summed E-state index contributed by atoms with van der Waals surface area (Å²) in [4.78, 5) is 10.7. The van der Waals surface area contributed by atoms with Crippen molar-refractivity contribution in [2.45, 2.75) is 4.90 Å². The van der Waals surface area contributed by atoms with E-state index in [4.69, 9.17) is 9.47 Å². The zero-order valence-corrected chi connectivity index (χ0v) is 11.6. The molecule has 0 aromatic heterocycles. The van der Waals surface area contributed by atoms with E-state index in [0.717, 1.165) is 16.8 Å². The SMILES string of the molecule is C=CCSc1cc(OC)c(C=C[N+](=O)[O-])cc1OC. The van der Waals surface area contributed by atoms with Crippen LogP contribution in [0.25, 0.3) is 6.08 Å². The lowest BCUT2D eigenvalue weighted by atomic mass is 10.2. The summed E-state index contributed by atoms with van der Waals surface area (Å²) in [5.41, 5.74) is 0.596. The summed E-state index contributed by atoms with van der Waals surface area (Å²) in [6, 6.07) is 3.51. The van der Waals surface area contributed by atoms with E-state index < -0.39 is 4.92 Å². The lowest BCUT2D eigenvalue weighted by Crippen LogP contribution is -1.93. The van der Waals surface area contributed by atoms with Crippen molar-refractivity contribution in [2.75, 3.05) is 20.0 Å². The molecule has 0 spiro atoms. The first-order chi connectivity index (χ1) is 9.12. The fourth-order valence-corrected chi connectivity index (χ4v) is 2.20. The average molecular weight is 281 g/mol. The topological polar surface area (TPSA) is 61.6 Å². The van der Waals surface area contributed by atoms with Crippen molar-refractivity contribution < 1.29 is 14.4 Å². The van der Waals surface area contributed by atoms with Gasteiger partial charge < -0.3 is 9.47 Å². The minimum atomic E-state index is -0.522. The van der Waals surface area contributed by atoms with Crippen LogP contribution in [0.4, 0.5) is 0 Å². The molecule has 0 radical (unpaired) electrons. The van der Waals surface area contributed by atoms with Gasteiger partial charge in [0.25, 0.3) is 0 Å². The van der Waals surface area contributed by atoms with Crippen molar-refractivity contribution in [3.63, 3.8) is 0 Å². The molecule has 0 aliphatic rings. The quantitative estimate of drug-likeness (QED) is 0.332. The molecule has 0 fully saturated rings. The minimum Gasteiger partial charge on any atom is -0.496 e. The molecule has 19 heavy (non-hydrogen) atoms. The Hall–Kier alpha value is -1.95. The van der Waals surface area contributed by atoms with Gasteiger partial charge in [-0.3, -0.25) is 10.1 Å². The maximum Gasteiger partial charge on any atom is 0.235 e. The molecule has 0 N–H and O–H groups in total. The summed E-state index contributed by atoms with van der Waals surface area (Å²) in [5.74, 6) is 1.95. The number of nitro groups is 1. The van der Waals surface area contributed by atoms with Crippen LogP contribution in [0, 0.1) is 10.1 Å². The second-order valence-corrected chi connectivity index (χ2v) is 4.51. The Kier molecular flexibility index (Phi) is 5.95. The number of rotatable bonds is 7. The molecule has 102 valence electrons. The Balaban J connectivity index is 3.18. The van der Waals surface area contributed by atoms with Gasteiger partial charge >= 0.3 is 0 Å². The fraction of sp³-hybridized carbons (Fsp3) is 0.231. The van der Waals surface area contributed by atoms with Crippen molar-refractivity contribution in [1.82, 2.24) is 0 Å². The molecule has 1 aromatic carbocycles. The molecule has 0 aliphatic heterocycles. The van der Waals surface area contributed by atoms with Gasteiger partial charge in [-0.25, -0.2) is 0 Å². The highest BCUT2D eigenvalue weighted by atomic mass is 32.2. The van der Waals surface area contributed by atoms with E-state index in [9.17, 15) is 10.1 Å². The maximum atomic E-state index is 10.4. The maximum absolute atomic E-state index is 10.4. The van der Waals surface area contributed by atoms with Gasteiger partial charge in [0.2, 0.25) is 6.20 Å². The largest absolute Gasteiger partial charge is 0.496 e. The molecule has 0 amide bonds. The first-order valence-electron chi connectivity index (χ1n) is 5.43. The number of hydrogen-bond acceptors (Lipinski definition) is 5. The Morgan fingerprint density at radius 3 is 2.58 bits per heavy atom. The number of nitrogens with zero attached hydrogens (tertiary/aromatic N) is 1. The summed E-state index contributed by atoms with van der Waals surface area (Å²) >= 11 is 1.55. The number of thioether (sulfide) groups is 1. The van der Waals surface area contributed by atoms with Crippen LogP contribution in [-0.4, -0.2) is 24.9 Å². The average Bonchev–Trinajstić information content (AvgIpc) is 2.42. The predicted molar refractivity (Wildman–Crippen MR) is 76.5 cm³/mol. The number of methoxy groups -OCH3 is 2. The lowest BCUT2D eigenvalue weighted by Gasteiger charge is -2.12. The van der Waals surface area contributed by atoms with E-state index in [1.807, 2.05) is 0 Å². The number of hydrogen-bond donors (Lipinski definition) is 0. The van der Waals surface area contributed by atoms with Crippen molar-refractivity contribution in [3.05, 3.63) is 46.7 Å². The van der Waals surface area contributed by atoms with Gasteiger partial charge in [0.05, 0.1) is 24.0 Å². The molecule has 1 rings (SSSR count). The zero-order chi connectivity index (χ0) is 14.3. The summed E-state index contributed by atoms with van der Waals surface area (Å²) in [6.07, 6.45) is 4.04. The standard InChI is InChI=1S/C13H15NO4S/c1-4-7-19-13-9-11(17-2)10(5-6-14(15)16)8-12(13)18-3/h4-6,8-9H,1,7H2,2-3H3. The van der Waals surface area contributed by atoms with Crippen LogP contribution in [0.2, 0.25) is 0 Å². The summed E-state index contributed by atoms with van der Waals surface area (Å²) in [7, 11) is 3.08. The Bertz CT molecular complexity index is 500. The molecule has 0 atom stereocenters. The Labute approximate surface area is 116 Å². The van der Waals surface area contributed by atoms with Gasteiger partial charge in [0, 0.05) is 17.4 Å². The van der Waals surface area contributed by atoms with E-state index >= 15 is 0 Å². The molecule has 5 nitrogen and oxygen atoms in total. The second-order valence-electron chi connectivity index (χ2n) is 3.45. The first kappa shape index (κ1) is 15.1. The highest BCUT2D eigenvalue weighted by Gasteiger charge is 2.10. The van der Waals surface area contributed by atoms with Gasteiger partial charge in [-0.1, -0.05) is 6.08 Å². The van der Waals surface area contributed by atoms with E-state index in [2.05, 4.69) is 6.58 Å². The smallest absolute Gasteiger partial charge is 0.235 e. The highest BCUT2D eigenvalue weighted by molar-refractivity contribution is 7.99. The lowest BCUT2D eigenvalue weighted by molar-refractivity contribution is -0.400. The molecule has 6 heteroatoms. The number of ether oxygens (including phenoxy) is 2. The molecule has 0 saturated carbocycles. The molecule has 0 bridgehead atoms. The summed E-state index contributed by atoms with van der Waals surface area (Å²) in [6.45, 7) is 3.66. The van der Waals surface area contributed by atoms with Gasteiger partial charge in [0.15, 0.2) is 0 Å². The van der Waals surface area contributed by atoms with E-state index in [1.165, 1.54) is 13.2 Å². The van der Waals surface area contributed by atoms with Gasteiger partial charge in [-0.05, 0) is 12.1 Å². The number of benzene rings is 1. The fourth-order valence-electron chi connectivity index (χ4n) is 1.43. The highest BCUT2D eigenvalue weighted by Crippen LogP contribution is 2.36. The normalized spacial score (nSPS) is 10.4. The van der Waals surface area contributed by atoms with E-state index in [-0.39, 0.29) is 0 Å². The van der Waals surface area contributed by atoms with Crippen molar-refractivity contribution >= 4 is 17.8 Å². The Morgan fingerprint density at radius 1 is 1.37 bits per heavy atom. The summed E-state index contributed by atoms with van der Waals surface area (Å²) < 4.78 is 10.5. The van der Waals surface area contributed by atoms with Crippen molar-refractivity contribution in [3.8, 4) is 11.5 Å². The predicted octanol–water partition coefficient (Wildman–Crippen LogP) is 3.23. The van der Waals surface area contributed by atoms with E-state index in [0.29, 0.717) is 17.1 Å².